The highest BCUT2D eigenvalue weighted by Crippen LogP contribution is 2.41. The largest absolute Gasteiger partial charge is 0.361 e. The van der Waals surface area contributed by atoms with E-state index in [1.165, 1.54) is 11.3 Å². The summed E-state index contributed by atoms with van der Waals surface area (Å²) < 4.78 is 7.60. The van der Waals surface area contributed by atoms with E-state index < -0.39 is 0 Å². The number of rotatable bonds is 5. The highest BCUT2D eigenvalue weighted by molar-refractivity contribution is 6.30. The minimum absolute atomic E-state index is 0.401. The molecule has 3 aromatic rings. The van der Waals surface area contributed by atoms with E-state index in [2.05, 4.69) is 43.2 Å². The Bertz CT molecular complexity index is 1050. The molecule has 2 aromatic heterocycles. The van der Waals surface area contributed by atoms with Crippen LogP contribution >= 0.6 is 11.6 Å². The van der Waals surface area contributed by atoms with Gasteiger partial charge in [0, 0.05) is 42.6 Å². The van der Waals surface area contributed by atoms with E-state index in [0.717, 1.165) is 80.0 Å². The molecule has 1 aromatic carbocycles. The Morgan fingerprint density at radius 2 is 1.90 bits per heavy atom. The van der Waals surface area contributed by atoms with Gasteiger partial charge in [0.25, 0.3) is 0 Å². The van der Waals surface area contributed by atoms with Gasteiger partial charge < -0.3 is 9.84 Å². The second-order valence-corrected chi connectivity index (χ2v) is 9.24. The van der Waals surface area contributed by atoms with Crippen LogP contribution in [0.25, 0.3) is 5.69 Å². The molecule has 5 rings (SSSR count). The van der Waals surface area contributed by atoms with Gasteiger partial charge in [-0.1, -0.05) is 16.8 Å². The molecule has 1 aliphatic carbocycles. The summed E-state index contributed by atoms with van der Waals surface area (Å²) in [5, 5.41) is 17.6. The molecule has 0 amide bonds. The fourth-order valence-corrected chi connectivity index (χ4v) is 5.20. The quantitative estimate of drug-likeness (QED) is 0.641. The Morgan fingerprint density at radius 3 is 2.65 bits per heavy atom. The van der Waals surface area contributed by atoms with Crippen LogP contribution in [0, 0.1) is 6.92 Å². The summed E-state index contributed by atoms with van der Waals surface area (Å²) >= 11 is 6.36. The fourth-order valence-electron chi connectivity index (χ4n) is 5.01. The first kappa shape index (κ1) is 20.7. The highest BCUT2D eigenvalue weighted by Gasteiger charge is 2.31. The van der Waals surface area contributed by atoms with Gasteiger partial charge in [0.05, 0.1) is 17.9 Å². The van der Waals surface area contributed by atoms with Crippen LogP contribution in [-0.4, -0.2) is 45.0 Å². The molecule has 0 spiro atoms. The van der Waals surface area contributed by atoms with Crippen LogP contribution in [0.15, 0.2) is 28.8 Å². The van der Waals surface area contributed by atoms with E-state index in [0.29, 0.717) is 11.8 Å². The number of aryl methyl sites for hydroxylation is 1. The predicted octanol–water partition coefficient (Wildman–Crippen LogP) is 4.19. The molecule has 7 nitrogen and oxygen atoms in total. The second-order valence-electron chi connectivity index (χ2n) is 8.81. The Balaban J connectivity index is 1.43. The average Bonchev–Trinajstić information content (AvgIpc) is 3.35. The minimum atomic E-state index is 0.401. The topological polar surface area (TPSA) is 72.0 Å². The Morgan fingerprint density at radius 1 is 1.10 bits per heavy atom. The van der Waals surface area contributed by atoms with Gasteiger partial charge in [-0.15, -0.1) is 10.2 Å². The zero-order chi connectivity index (χ0) is 21.4. The second kappa shape index (κ2) is 8.73. The number of likely N-dealkylation sites (N-methyl/N-ethyl adjacent to an activating group) is 1. The first-order valence-electron chi connectivity index (χ1n) is 11.2. The monoisotopic (exact) mass is 440 g/mol. The highest BCUT2D eigenvalue weighted by atomic mass is 35.5. The summed E-state index contributed by atoms with van der Waals surface area (Å²) in [6.07, 6.45) is 4.36. The van der Waals surface area contributed by atoms with Crippen molar-refractivity contribution in [2.24, 2.45) is 0 Å². The van der Waals surface area contributed by atoms with Crippen LogP contribution < -0.4 is 5.32 Å². The molecule has 8 heteroatoms. The number of nitrogens with zero attached hydrogens (tertiary/aromatic N) is 5. The van der Waals surface area contributed by atoms with Crippen LogP contribution in [-0.2, 0) is 13.1 Å². The Kier molecular flexibility index (Phi) is 5.82. The maximum Gasteiger partial charge on any atom is 0.151 e. The lowest BCUT2D eigenvalue weighted by Gasteiger charge is -2.27. The van der Waals surface area contributed by atoms with Crippen LogP contribution in [0.5, 0.6) is 0 Å². The molecule has 31 heavy (non-hydrogen) atoms. The standard InChI is InChI=1S/C23H29ClN6O/c1-15-11-20(28-31-15)16-3-5-17(6-4-16)23-27-26-22-14-29(10-9-25-2)13-18-12-19(24)7-8-21(18)30(22)23/h7-8,11-12,16-17,25H,3-6,9-10,13-14H2,1-2H3. The van der Waals surface area contributed by atoms with Crippen LogP contribution in [0.4, 0.5) is 0 Å². The third kappa shape index (κ3) is 4.14. The molecule has 0 unspecified atom stereocenters. The van der Waals surface area contributed by atoms with E-state index in [-0.39, 0.29) is 0 Å². The van der Waals surface area contributed by atoms with E-state index in [4.69, 9.17) is 21.2 Å². The lowest BCUT2D eigenvalue weighted by molar-refractivity contribution is 0.256. The number of nitrogens with one attached hydrogen (secondary N) is 1. The van der Waals surface area contributed by atoms with Crippen molar-refractivity contribution in [2.75, 3.05) is 20.1 Å². The number of hydrogen-bond acceptors (Lipinski definition) is 6. The number of hydrogen-bond donors (Lipinski definition) is 1. The molecule has 164 valence electrons. The van der Waals surface area contributed by atoms with Crippen molar-refractivity contribution in [1.82, 2.24) is 30.1 Å². The van der Waals surface area contributed by atoms with Crippen molar-refractivity contribution >= 4 is 11.6 Å². The number of benzene rings is 1. The van der Waals surface area contributed by atoms with Gasteiger partial charge in [0.2, 0.25) is 0 Å². The van der Waals surface area contributed by atoms with Crippen LogP contribution in [0.3, 0.4) is 0 Å². The third-order valence-corrected chi connectivity index (χ3v) is 6.87. The fraction of sp³-hybridized carbons (Fsp3) is 0.522. The summed E-state index contributed by atoms with van der Waals surface area (Å²) in [5.41, 5.74) is 3.49. The van der Waals surface area contributed by atoms with E-state index in [1.807, 2.05) is 20.0 Å². The zero-order valence-electron chi connectivity index (χ0n) is 18.1. The Labute approximate surface area is 187 Å². The van der Waals surface area contributed by atoms with Gasteiger partial charge in [-0.05, 0) is 63.4 Å². The Hall–Kier alpha value is -2.22. The van der Waals surface area contributed by atoms with Gasteiger partial charge >= 0.3 is 0 Å². The van der Waals surface area contributed by atoms with Crippen molar-refractivity contribution in [3.63, 3.8) is 0 Å². The predicted molar refractivity (Wildman–Crippen MR) is 120 cm³/mol. The smallest absolute Gasteiger partial charge is 0.151 e. The van der Waals surface area contributed by atoms with Gasteiger partial charge in [0.15, 0.2) is 5.82 Å². The molecule has 2 aliphatic rings. The number of halogens is 1. The zero-order valence-corrected chi connectivity index (χ0v) is 18.9. The number of aromatic nitrogens is 4. The minimum Gasteiger partial charge on any atom is -0.361 e. The van der Waals surface area contributed by atoms with Crippen molar-refractivity contribution in [1.29, 1.82) is 0 Å². The summed E-state index contributed by atoms with van der Waals surface area (Å²) in [5.74, 6) is 3.87. The molecule has 0 saturated heterocycles. The summed E-state index contributed by atoms with van der Waals surface area (Å²) in [6.45, 7) is 5.49. The molecule has 3 heterocycles. The molecule has 0 atom stereocenters. The third-order valence-electron chi connectivity index (χ3n) is 6.63. The van der Waals surface area contributed by atoms with Gasteiger partial charge in [-0.25, -0.2) is 0 Å². The van der Waals surface area contributed by atoms with E-state index >= 15 is 0 Å². The molecule has 0 radical (unpaired) electrons. The molecular formula is C23H29ClN6O. The number of fused-ring (bicyclic) bond motifs is 3. The van der Waals surface area contributed by atoms with Crippen LogP contribution in [0.1, 0.15) is 66.2 Å². The molecular weight excluding hydrogens is 412 g/mol. The summed E-state index contributed by atoms with van der Waals surface area (Å²) in [7, 11) is 1.99. The van der Waals surface area contributed by atoms with Crippen molar-refractivity contribution < 1.29 is 4.52 Å². The maximum absolute atomic E-state index is 6.36. The maximum atomic E-state index is 6.36. The SMILES string of the molecule is CNCCN1Cc2cc(Cl)ccc2-n2c(nnc2C2CCC(c3cc(C)on3)CC2)C1. The van der Waals surface area contributed by atoms with Gasteiger partial charge in [-0.3, -0.25) is 9.47 Å². The van der Waals surface area contributed by atoms with Gasteiger partial charge in [-0.2, -0.15) is 0 Å². The molecule has 1 fully saturated rings. The van der Waals surface area contributed by atoms with E-state index in [1.54, 1.807) is 0 Å². The average molecular weight is 441 g/mol. The molecule has 1 aliphatic heterocycles. The summed E-state index contributed by atoms with van der Waals surface area (Å²) in [4.78, 5) is 2.41. The van der Waals surface area contributed by atoms with Crippen molar-refractivity contribution in [3.8, 4) is 5.69 Å². The normalized spacial score (nSPS) is 21.5. The van der Waals surface area contributed by atoms with Crippen molar-refractivity contribution in [3.05, 3.63) is 58.0 Å². The molecule has 0 bridgehead atoms. The first-order chi connectivity index (χ1) is 15.1. The molecule has 1 saturated carbocycles. The van der Waals surface area contributed by atoms with Crippen molar-refractivity contribution in [2.45, 2.75) is 57.5 Å². The lowest BCUT2D eigenvalue weighted by Crippen LogP contribution is -2.29. The van der Waals surface area contributed by atoms with Crippen LogP contribution in [0.2, 0.25) is 5.02 Å². The van der Waals surface area contributed by atoms with E-state index in [9.17, 15) is 0 Å². The molecule has 1 N–H and O–H groups in total. The first-order valence-corrected chi connectivity index (χ1v) is 11.5. The lowest BCUT2D eigenvalue weighted by atomic mass is 9.80. The summed E-state index contributed by atoms with van der Waals surface area (Å²) in [6, 6.07) is 8.26. The van der Waals surface area contributed by atoms with Gasteiger partial charge in [0.1, 0.15) is 11.6 Å².